The molecule has 1 aliphatic rings. The van der Waals surface area contributed by atoms with Crippen molar-refractivity contribution < 1.29 is 19.4 Å². The molecule has 1 aliphatic heterocycles. The fourth-order valence-electron chi connectivity index (χ4n) is 3.70. The van der Waals surface area contributed by atoms with Crippen molar-refractivity contribution in [3.63, 3.8) is 0 Å². The molecule has 3 N–H and O–H groups in total. The Balaban J connectivity index is 1.62. The van der Waals surface area contributed by atoms with E-state index in [1.807, 2.05) is 0 Å². The number of nitrogens with zero attached hydrogens (tertiary/aromatic N) is 2. The van der Waals surface area contributed by atoms with E-state index in [4.69, 9.17) is 9.47 Å². The lowest BCUT2D eigenvalue weighted by Crippen LogP contribution is -2.41. The van der Waals surface area contributed by atoms with Gasteiger partial charge in [-0.15, -0.1) is 0 Å². The second-order valence-corrected chi connectivity index (χ2v) is 8.84. The maximum absolute atomic E-state index is 12.6. The third-order valence-electron chi connectivity index (χ3n) is 5.39. The fourth-order valence-corrected chi connectivity index (χ4v) is 4.06. The average Bonchev–Trinajstić information content (AvgIpc) is 3.30. The smallest absolute Gasteiger partial charge is 0.349 e. The summed E-state index contributed by atoms with van der Waals surface area (Å²) >= 11 is 3.26. The van der Waals surface area contributed by atoms with E-state index in [1.165, 1.54) is 6.07 Å². The Morgan fingerprint density at radius 1 is 1.29 bits per heavy atom. The minimum Gasteiger partial charge on any atom is -0.507 e. The molecule has 0 saturated carbocycles. The fraction of sp³-hybridized carbons (Fsp3) is 0.304. The van der Waals surface area contributed by atoms with Gasteiger partial charge >= 0.3 is 5.69 Å². The van der Waals surface area contributed by atoms with Crippen LogP contribution >= 0.6 is 15.9 Å². The summed E-state index contributed by atoms with van der Waals surface area (Å²) in [6.07, 6.45) is 1.66. The van der Waals surface area contributed by atoms with E-state index >= 15 is 0 Å². The van der Waals surface area contributed by atoms with Gasteiger partial charge in [0.1, 0.15) is 17.2 Å². The van der Waals surface area contributed by atoms with Crippen LogP contribution in [0.5, 0.6) is 17.2 Å². The number of carbonyl (C=O) groups excluding carboxylic acids is 1. The summed E-state index contributed by atoms with van der Waals surface area (Å²) in [6, 6.07) is 8.10. The molecule has 0 radical (unpaired) electrons. The Hall–Kier alpha value is -3.44. The van der Waals surface area contributed by atoms with Gasteiger partial charge in [0.15, 0.2) is 0 Å². The second-order valence-electron chi connectivity index (χ2n) is 7.99. The maximum atomic E-state index is 12.6. The zero-order chi connectivity index (χ0) is 24.4. The van der Waals surface area contributed by atoms with Crippen molar-refractivity contribution in [3.8, 4) is 22.9 Å². The first-order chi connectivity index (χ1) is 16.2. The van der Waals surface area contributed by atoms with Crippen LogP contribution in [0.15, 0.2) is 44.4 Å². The summed E-state index contributed by atoms with van der Waals surface area (Å²) in [5.74, 6) is 0.480. The Labute approximate surface area is 202 Å². The van der Waals surface area contributed by atoms with E-state index in [2.05, 4.69) is 31.3 Å². The van der Waals surface area contributed by atoms with Gasteiger partial charge in [-0.1, -0.05) is 0 Å². The van der Waals surface area contributed by atoms with Crippen molar-refractivity contribution in [2.75, 3.05) is 13.2 Å². The number of amides is 1. The molecule has 2 aromatic carbocycles. The molecule has 1 unspecified atom stereocenters. The number of hydrogen-bond donors (Lipinski definition) is 3. The third-order valence-corrected chi connectivity index (χ3v) is 6.02. The lowest BCUT2D eigenvalue weighted by Gasteiger charge is -2.15. The number of aryl methyl sites for hydroxylation is 2. The Morgan fingerprint density at radius 2 is 2.03 bits per heavy atom. The van der Waals surface area contributed by atoms with Crippen molar-refractivity contribution in [2.45, 2.75) is 32.8 Å². The highest BCUT2D eigenvalue weighted by molar-refractivity contribution is 9.10. The molecule has 0 bridgehead atoms. The highest BCUT2D eigenvalue weighted by atomic mass is 79.9. The van der Waals surface area contributed by atoms with E-state index in [0.717, 1.165) is 17.5 Å². The summed E-state index contributed by atoms with van der Waals surface area (Å²) in [5, 5.41) is 16.4. The van der Waals surface area contributed by atoms with Crippen LogP contribution in [0.1, 0.15) is 34.5 Å². The van der Waals surface area contributed by atoms with Crippen LogP contribution < -0.4 is 21.3 Å². The summed E-state index contributed by atoms with van der Waals surface area (Å²) in [5.41, 5.74) is -0.286. The number of aromatic nitrogens is 3. The number of aromatic hydroxyl groups is 1. The van der Waals surface area contributed by atoms with E-state index in [9.17, 15) is 19.5 Å². The van der Waals surface area contributed by atoms with Gasteiger partial charge < -0.3 is 19.9 Å². The van der Waals surface area contributed by atoms with E-state index in [0.29, 0.717) is 39.4 Å². The second kappa shape index (κ2) is 9.82. The van der Waals surface area contributed by atoms with E-state index < -0.39 is 22.9 Å². The molecule has 10 nitrogen and oxygen atoms in total. The lowest BCUT2D eigenvalue weighted by molar-refractivity contribution is 0.0850. The molecule has 3 aromatic rings. The van der Waals surface area contributed by atoms with Gasteiger partial charge in [0.2, 0.25) is 5.69 Å². The van der Waals surface area contributed by atoms with Gasteiger partial charge in [0.05, 0.1) is 16.3 Å². The number of phenols is 1. The number of phenolic OH excluding ortho intramolecular Hbond substituents is 1. The quantitative estimate of drug-likeness (QED) is 0.445. The molecular weight excluding hydrogens is 508 g/mol. The summed E-state index contributed by atoms with van der Waals surface area (Å²) < 4.78 is 12.9. The average molecular weight is 531 g/mol. The van der Waals surface area contributed by atoms with Crippen molar-refractivity contribution in [1.82, 2.24) is 20.1 Å². The van der Waals surface area contributed by atoms with Crippen molar-refractivity contribution in [2.24, 2.45) is 0 Å². The molecule has 1 fully saturated rings. The summed E-state index contributed by atoms with van der Waals surface area (Å²) in [7, 11) is 0. The predicted molar refractivity (Wildman–Crippen MR) is 127 cm³/mol. The Kier molecular flexibility index (Phi) is 6.85. The normalized spacial score (nSPS) is 15.3. The van der Waals surface area contributed by atoms with Crippen molar-refractivity contribution in [1.29, 1.82) is 0 Å². The molecule has 1 saturated heterocycles. The number of halogens is 1. The van der Waals surface area contributed by atoms with Crippen LogP contribution in [0.3, 0.4) is 0 Å². The minimum atomic E-state index is -0.864. The highest BCUT2D eigenvalue weighted by Gasteiger charge is 2.21. The first-order valence-corrected chi connectivity index (χ1v) is 11.4. The molecule has 0 aliphatic carbocycles. The summed E-state index contributed by atoms with van der Waals surface area (Å²) in [6.45, 7) is 4.50. The highest BCUT2D eigenvalue weighted by Crippen LogP contribution is 2.34. The molecule has 1 amide bonds. The molecule has 34 heavy (non-hydrogen) atoms. The molecule has 0 spiro atoms. The molecule has 1 atom stereocenters. The number of carbonyl (C=O) groups is 1. The van der Waals surface area contributed by atoms with Gasteiger partial charge in [-0.3, -0.25) is 14.6 Å². The SMILES string of the molecule is Cc1cc(-n2nc(C(=O)NCC3CCCO3)c(=O)[nH]c2=O)cc(C)c1Oc1ccc(O)c(Br)c1. The standard InChI is InChI=1S/C23H23BrN4O6/c1-12-8-14(9-13(2)20(12)34-15-5-6-18(29)17(24)10-15)28-23(32)26-22(31)19(27-28)21(30)25-11-16-4-3-7-33-16/h5-6,8-10,16,29H,3-4,7,11H2,1-2H3,(H,25,30)(H,26,31,32). The molecular formula is C23H23BrN4O6. The monoisotopic (exact) mass is 530 g/mol. The van der Waals surface area contributed by atoms with Gasteiger partial charge in [-0.2, -0.15) is 9.78 Å². The maximum Gasteiger partial charge on any atom is 0.349 e. The van der Waals surface area contributed by atoms with E-state index in [-0.39, 0.29) is 18.4 Å². The van der Waals surface area contributed by atoms with Crippen LogP contribution in [0.2, 0.25) is 0 Å². The topological polar surface area (TPSA) is 136 Å². The molecule has 11 heteroatoms. The molecule has 4 rings (SSSR count). The third kappa shape index (κ3) is 5.05. The zero-order valence-corrected chi connectivity index (χ0v) is 20.1. The molecule has 2 heterocycles. The van der Waals surface area contributed by atoms with Crippen LogP contribution in [0.4, 0.5) is 0 Å². The van der Waals surface area contributed by atoms with Crippen LogP contribution in [-0.2, 0) is 4.74 Å². The first kappa shape index (κ1) is 23.7. The number of H-pyrrole nitrogens is 1. The Morgan fingerprint density at radius 3 is 2.68 bits per heavy atom. The van der Waals surface area contributed by atoms with Gasteiger partial charge in [-0.05, 0) is 84.1 Å². The van der Waals surface area contributed by atoms with Crippen molar-refractivity contribution in [3.05, 3.63) is 72.5 Å². The van der Waals surface area contributed by atoms with E-state index in [1.54, 1.807) is 38.1 Å². The molecule has 178 valence electrons. The number of rotatable bonds is 6. The number of ether oxygens (including phenoxy) is 2. The van der Waals surface area contributed by atoms with Crippen LogP contribution in [0, 0.1) is 13.8 Å². The minimum absolute atomic E-state index is 0.0928. The predicted octanol–water partition coefficient (Wildman–Crippen LogP) is 2.71. The zero-order valence-electron chi connectivity index (χ0n) is 18.6. The largest absolute Gasteiger partial charge is 0.507 e. The Bertz CT molecular complexity index is 1340. The number of benzene rings is 2. The number of aromatic amines is 1. The van der Waals surface area contributed by atoms with Gasteiger partial charge in [0, 0.05) is 13.2 Å². The number of hydrogen-bond acceptors (Lipinski definition) is 7. The number of nitrogens with one attached hydrogen (secondary N) is 2. The lowest BCUT2D eigenvalue weighted by atomic mass is 10.1. The van der Waals surface area contributed by atoms with Crippen molar-refractivity contribution >= 4 is 21.8 Å². The van der Waals surface area contributed by atoms with Crippen LogP contribution in [0.25, 0.3) is 5.69 Å². The summed E-state index contributed by atoms with van der Waals surface area (Å²) in [4.78, 5) is 39.4. The van der Waals surface area contributed by atoms with Gasteiger partial charge in [-0.25, -0.2) is 4.79 Å². The first-order valence-electron chi connectivity index (χ1n) is 10.6. The van der Waals surface area contributed by atoms with Crippen LogP contribution in [-0.4, -0.2) is 45.0 Å². The molecule has 1 aromatic heterocycles. The van der Waals surface area contributed by atoms with Gasteiger partial charge in [0.25, 0.3) is 11.5 Å².